The molecule has 0 spiro atoms. The second-order valence-corrected chi connectivity index (χ2v) is 13.4. The first-order valence-corrected chi connectivity index (χ1v) is 18.2. The molecular weight excluding hydrogens is 661 g/mol. The van der Waals surface area contributed by atoms with Gasteiger partial charge in [-0.2, -0.15) is 0 Å². The third-order valence-electron chi connectivity index (χ3n) is 10.1. The molecule has 54 heavy (non-hydrogen) atoms. The van der Waals surface area contributed by atoms with Gasteiger partial charge in [0.1, 0.15) is 11.2 Å². The van der Waals surface area contributed by atoms with E-state index in [0.29, 0.717) is 0 Å². The summed E-state index contributed by atoms with van der Waals surface area (Å²) in [5, 5.41) is 6.95. The highest BCUT2D eigenvalue weighted by molar-refractivity contribution is 6.10. The Morgan fingerprint density at radius 1 is 0.426 bits per heavy atom. The fourth-order valence-corrected chi connectivity index (χ4v) is 7.62. The Kier molecular flexibility index (Phi) is 7.77. The maximum Gasteiger partial charge on any atom is 0.159 e. The number of nitrogens with one attached hydrogen (secondary N) is 1. The number of fused-ring (bicyclic) bond motifs is 4. The van der Waals surface area contributed by atoms with Crippen LogP contribution in [0.2, 0.25) is 0 Å². The second-order valence-electron chi connectivity index (χ2n) is 13.4. The topological polar surface area (TPSA) is 41.5 Å². The van der Waals surface area contributed by atoms with Crippen molar-refractivity contribution in [1.29, 1.82) is 0 Å². The van der Waals surface area contributed by atoms with E-state index in [2.05, 4.69) is 162 Å². The molecular formula is C50H34N2O2. The third kappa shape index (κ3) is 5.58. The van der Waals surface area contributed by atoms with Crippen molar-refractivity contribution in [2.24, 2.45) is 0 Å². The van der Waals surface area contributed by atoms with Gasteiger partial charge in [0.2, 0.25) is 0 Å². The van der Waals surface area contributed by atoms with Crippen LogP contribution in [0.25, 0.3) is 66.3 Å². The standard InChI is InChI=1S/C50H34N2O2/c1-3-14-34(15-4-1)36-16-11-19-39(32-36)52(46-25-13-23-43-41-20-8-10-27-48(41)54-50(43)46)38-30-28-35(29-31-38)40-22-12-24-45(51-37-17-5-2-6-18-37)49(40)44-33-53-47-26-9-7-21-42(44)47/h1-33,51H. The van der Waals surface area contributed by atoms with Gasteiger partial charge in [-0.3, -0.25) is 0 Å². The van der Waals surface area contributed by atoms with E-state index in [4.69, 9.17) is 8.83 Å². The molecule has 10 rings (SSSR count). The molecule has 0 saturated heterocycles. The lowest BCUT2D eigenvalue weighted by molar-refractivity contribution is 0.617. The summed E-state index contributed by atoms with van der Waals surface area (Å²) in [6, 6.07) is 67.7. The highest BCUT2D eigenvalue weighted by Gasteiger charge is 2.21. The average molecular weight is 695 g/mol. The van der Waals surface area contributed by atoms with Crippen LogP contribution in [-0.4, -0.2) is 0 Å². The number of nitrogens with zero attached hydrogens (tertiary/aromatic N) is 1. The van der Waals surface area contributed by atoms with E-state index in [9.17, 15) is 0 Å². The maximum atomic E-state index is 6.61. The zero-order valence-corrected chi connectivity index (χ0v) is 29.3. The van der Waals surface area contributed by atoms with Crippen molar-refractivity contribution < 1.29 is 8.83 Å². The number of rotatable bonds is 8. The third-order valence-corrected chi connectivity index (χ3v) is 10.1. The van der Waals surface area contributed by atoms with E-state index in [1.165, 1.54) is 5.56 Å². The van der Waals surface area contributed by atoms with Crippen molar-refractivity contribution in [2.75, 3.05) is 10.2 Å². The second kappa shape index (κ2) is 13.4. The van der Waals surface area contributed by atoms with Crippen LogP contribution in [0.1, 0.15) is 0 Å². The summed E-state index contributed by atoms with van der Waals surface area (Å²) in [7, 11) is 0. The van der Waals surface area contributed by atoms with Gasteiger partial charge in [-0.25, -0.2) is 0 Å². The molecule has 0 bridgehead atoms. The van der Waals surface area contributed by atoms with Crippen LogP contribution in [0.4, 0.5) is 28.4 Å². The van der Waals surface area contributed by atoms with Crippen LogP contribution in [-0.2, 0) is 0 Å². The minimum atomic E-state index is 0.849. The number of anilines is 5. The predicted molar refractivity (Wildman–Crippen MR) is 224 cm³/mol. The summed E-state index contributed by atoms with van der Waals surface area (Å²) < 4.78 is 12.7. The van der Waals surface area contributed by atoms with Gasteiger partial charge in [0.25, 0.3) is 0 Å². The summed E-state index contributed by atoms with van der Waals surface area (Å²) in [5.74, 6) is 0. The van der Waals surface area contributed by atoms with Crippen LogP contribution >= 0.6 is 0 Å². The molecule has 0 aliphatic carbocycles. The number of hydrogen-bond acceptors (Lipinski definition) is 4. The molecule has 10 aromatic rings. The zero-order chi connectivity index (χ0) is 35.8. The summed E-state index contributed by atoms with van der Waals surface area (Å²) in [5.41, 5.74) is 14.3. The number of benzene rings is 8. The molecule has 8 aromatic carbocycles. The minimum Gasteiger partial charge on any atom is -0.464 e. The summed E-state index contributed by atoms with van der Waals surface area (Å²) in [4.78, 5) is 2.30. The van der Waals surface area contributed by atoms with E-state index in [0.717, 1.165) is 89.2 Å². The van der Waals surface area contributed by atoms with Gasteiger partial charge in [-0.15, -0.1) is 0 Å². The van der Waals surface area contributed by atoms with Crippen molar-refractivity contribution in [3.63, 3.8) is 0 Å². The Morgan fingerprint density at radius 2 is 1.09 bits per heavy atom. The molecule has 0 radical (unpaired) electrons. The minimum absolute atomic E-state index is 0.849. The molecule has 0 aliphatic rings. The lowest BCUT2D eigenvalue weighted by Crippen LogP contribution is -2.10. The van der Waals surface area contributed by atoms with E-state index in [1.54, 1.807) is 0 Å². The SMILES string of the molecule is c1ccc(Nc2cccc(-c3ccc(N(c4cccc(-c5ccccc5)c4)c4cccc5c4oc4ccccc45)cc3)c2-c2coc3ccccc23)cc1. The monoisotopic (exact) mass is 694 g/mol. The first-order chi connectivity index (χ1) is 26.8. The molecule has 0 unspecified atom stereocenters. The summed E-state index contributed by atoms with van der Waals surface area (Å²) in [6.45, 7) is 0. The molecule has 1 N–H and O–H groups in total. The van der Waals surface area contributed by atoms with E-state index in [-0.39, 0.29) is 0 Å². The van der Waals surface area contributed by atoms with Gasteiger partial charge in [0.05, 0.1) is 12.0 Å². The quantitative estimate of drug-likeness (QED) is 0.172. The van der Waals surface area contributed by atoms with Gasteiger partial charge in [-0.1, -0.05) is 133 Å². The van der Waals surface area contributed by atoms with Crippen molar-refractivity contribution in [3.05, 3.63) is 200 Å². The Morgan fingerprint density at radius 3 is 1.93 bits per heavy atom. The van der Waals surface area contributed by atoms with Crippen molar-refractivity contribution >= 4 is 61.3 Å². The fraction of sp³-hybridized carbons (Fsp3) is 0. The zero-order valence-electron chi connectivity index (χ0n) is 29.3. The number of para-hydroxylation sites is 4. The molecule has 4 heteroatoms. The van der Waals surface area contributed by atoms with E-state index >= 15 is 0 Å². The lowest BCUT2D eigenvalue weighted by atomic mass is 9.92. The Hall–Kier alpha value is -7.30. The molecule has 0 saturated carbocycles. The fourth-order valence-electron chi connectivity index (χ4n) is 7.62. The smallest absolute Gasteiger partial charge is 0.159 e. The van der Waals surface area contributed by atoms with Crippen molar-refractivity contribution in [2.45, 2.75) is 0 Å². The highest BCUT2D eigenvalue weighted by Crippen LogP contribution is 2.46. The lowest BCUT2D eigenvalue weighted by Gasteiger charge is -2.26. The molecule has 0 fully saturated rings. The summed E-state index contributed by atoms with van der Waals surface area (Å²) in [6.07, 6.45) is 1.88. The highest BCUT2D eigenvalue weighted by atomic mass is 16.3. The van der Waals surface area contributed by atoms with E-state index < -0.39 is 0 Å². The number of furan rings is 2. The van der Waals surface area contributed by atoms with Crippen LogP contribution < -0.4 is 10.2 Å². The normalized spacial score (nSPS) is 11.3. The van der Waals surface area contributed by atoms with Crippen LogP contribution in [0, 0.1) is 0 Å². The Labute approximate surface area is 313 Å². The van der Waals surface area contributed by atoms with Gasteiger partial charge in [-0.05, 0) is 82.9 Å². The van der Waals surface area contributed by atoms with E-state index in [1.807, 2.05) is 48.7 Å². The molecule has 256 valence electrons. The largest absolute Gasteiger partial charge is 0.464 e. The molecule has 0 atom stereocenters. The number of hydrogen-bond donors (Lipinski definition) is 1. The van der Waals surface area contributed by atoms with Gasteiger partial charge in [0.15, 0.2) is 5.58 Å². The van der Waals surface area contributed by atoms with Gasteiger partial charge in [0, 0.05) is 50.0 Å². The molecule has 0 amide bonds. The predicted octanol–water partition coefficient (Wildman–Crippen LogP) is 14.5. The molecule has 4 nitrogen and oxygen atoms in total. The van der Waals surface area contributed by atoms with Crippen molar-refractivity contribution in [3.8, 4) is 33.4 Å². The van der Waals surface area contributed by atoms with Crippen LogP contribution in [0.15, 0.2) is 209 Å². The van der Waals surface area contributed by atoms with Gasteiger partial charge < -0.3 is 19.1 Å². The first-order valence-electron chi connectivity index (χ1n) is 18.2. The first kappa shape index (κ1) is 31.4. The van der Waals surface area contributed by atoms with Gasteiger partial charge >= 0.3 is 0 Å². The maximum absolute atomic E-state index is 6.61. The Bertz CT molecular complexity index is 2910. The van der Waals surface area contributed by atoms with Crippen LogP contribution in [0.3, 0.4) is 0 Å². The molecule has 2 heterocycles. The molecule has 0 aliphatic heterocycles. The Balaban J connectivity index is 1.14. The van der Waals surface area contributed by atoms with Crippen LogP contribution in [0.5, 0.6) is 0 Å². The molecule has 2 aromatic heterocycles. The summed E-state index contributed by atoms with van der Waals surface area (Å²) >= 11 is 0. The average Bonchev–Trinajstić information content (AvgIpc) is 3.84. The van der Waals surface area contributed by atoms with Crippen molar-refractivity contribution in [1.82, 2.24) is 0 Å².